The summed E-state index contributed by atoms with van der Waals surface area (Å²) in [5.74, 6) is -2.09. The third-order valence-electron chi connectivity index (χ3n) is 6.53. The van der Waals surface area contributed by atoms with Gasteiger partial charge in [-0.2, -0.15) is 0 Å². The van der Waals surface area contributed by atoms with Gasteiger partial charge in [0.05, 0.1) is 14.2 Å². The lowest BCUT2D eigenvalue weighted by molar-refractivity contribution is -0.132. The Bertz CT molecular complexity index is 1070. The van der Waals surface area contributed by atoms with E-state index in [4.69, 9.17) is 15.2 Å². The number of hydrogen-bond donors (Lipinski definition) is 1. The van der Waals surface area contributed by atoms with E-state index in [1.165, 1.54) is 26.4 Å². The van der Waals surface area contributed by atoms with Gasteiger partial charge >= 0.3 is 5.97 Å². The van der Waals surface area contributed by atoms with Gasteiger partial charge in [-0.15, -0.1) is 0 Å². The molecule has 2 aromatic rings. The van der Waals surface area contributed by atoms with Gasteiger partial charge in [-0.1, -0.05) is 0 Å². The van der Waals surface area contributed by atoms with Crippen LogP contribution in [0.2, 0.25) is 0 Å². The summed E-state index contributed by atoms with van der Waals surface area (Å²) in [6, 6.07) is 5.48. The van der Waals surface area contributed by atoms with Crippen LogP contribution < -0.4 is 10.5 Å². The molecule has 2 aromatic carbocycles. The van der Waals surface area contributed by atoms with Gasteiger partial charge in [0.2, 0.25) is 5.91 Å². The van der Waals surface area contributed by atoms with Gasteiger partial charge in [0.25, 0.3) is 0 Å². The number of rotatable bonds is 5. The van der Waals surface area contributed by atoms with E-state index in [1.807, 2.05) is 6.07 Å². The molecule has 1 heterocycles. The number of benzene rings is 2. The van der Waals surface area contributed by atoms with Gasteiger partial charge in [-0.3, -0.25) is 4.79 Å². The number of carbonyl (C=O) groups excluding carboxylic acids is 2. The molecule has 6 nitrogen and oxygen atoms in total. The molecule has 0 radical (unpaired) electrons. The molecule has 8 heteroatoms. The molecule has 2 N–H and O–H groups in total. The maximum atomic E-state index is 13.7. The SMILES string of the molecule is COC(=O)c1cc2c(cc1OC)CCN(C(=O)CC(N)C1CCc3cc(F)c(F)cc31)C2. The number of nitrogens with zero attached hydrogens (tertiary/aromatic N) is 1. The number of aryl methyl sites for hydroxylation is 1. The van der Waals surface area contributed by atoms with Crippen LogP contribution >= 0.6 is 0 Å². The minimum Gasteiger partial charge on any atom is -0.496 e. The highest BCUT2D eigenvalue weighted by Gasteiger charge is 2.32. The summed E-state index contributed by atoms with van der Waals surface area (Å²) in [6.45, 7) is 0.885. The van der Waals surface area contributed by atoms with Crippen LogP contribution in [0.15, 0.2) is 24.3 Å². The van der Waals surface area contributed by atoms with Crippen LogP contribution in [-0.4, -0.2) is 43.6 Å². The van der Waals surface area contributed by atoms with E-state index in [0.717, 1.165) is 16.7 Å². The normalized spacial score (nSPS) is 18.0. The van der Waals surface area contributed by atoms with Crippen LogP contribution in [0.3, 0.4) is 0 Å². The molecular weight excluding hydrogens is 418 g/mol. The van der Waals surface area contributed by atoms with Crippen LogP contribution in [0.5, 0.6) is 5.75 Å². The first-order chi connectivity index (χ1) is 15.3. The number of fused-ring (bicyclic) bond motifs is 2. The molecule has 1 amide bonds. The van der Waals surface area contributed by atoms with Crippen LogP contribution in [0.4, 0.5) is 8.78 Å². The zero-order valence-corrected chi connectivity index (χ0v) is 18.1. The zero-order valence-electron chi connectivity index (χ0n) is 18.1. The number of halogens is 2. The summed E-state index contributed by atoms with van der Waals surface area (Å²) in [6.07, 6.45) is 2.02. The minimum absolute atomic E-state index is 0.102. The lowest BCUT2D eigenvalue weighted by Gasteiger charge is -2.31. The van der Waals surface area contributed by atoms with E-state index in [1.54, 1.807) is 11.0 Å². The van der Waals surface area contributed by atoms with Crippen LogP contribution in [0.1, 0.15) is 51.4 Å². The average Bonchev–Trinajstić information content (AvgIpc) is 3.19. The van der Waals surface area contributed by atoms with Crippen molar-refractivity contribution in [1.82, 2.24) is 4.90 Å². The van der Waals surface area contributed by atoms with Gasteiger partial charge in [0, 0.05) is 31.5 Å². The number of amides is 1. The molecular formula is C24H26F2N2O4. The molecule has 1 aliphatic heterocycles. The number of esters is 1. The molecule has 0 saturated heterocycles. The van der Waals surface area contributed by atoms with Crippen molar-refractivity contribution in [1.29, 1.82) is 0 Å². The predicted molar refractivity (Wildman–Crippen MR) is 113 cm³/mol. The molecule has 1 aliphatic carbocycles. The van der Waals surface area contributed by atoms with Crippen molar-refractivity contribution in [2.24, 2.45) is 5.73 Å². The highest BCUT2D eigenvalue weighted by molar-refractivity contribution is 5.93. The lowest BCUT2D eigenvalue weighted by Crippen LogP contribution is -2.40. The maximum absolute atomic E-state index is 13.7. The summed E-state index contributed by atoms with van der Waals surface area (Å²) in [7, 11) is 2.80. The second-order valence-corrected chi connectivity index (χ2v) is 8.36. The first-order valence-corrected chi connectivity index (χ1v) is 10.6. The van der Waals surface area contributed by atoms with E-state index in [0.29, 0.717) is 49.2 Å². The molecule has 0 bridgehead atoms. The Morgan fingerprint density at radius 1 is 1.09 bits per heavy atom. The molecule has 2 aliphatic rings. The predicted octanol–water partition coefficient (Wildman–Crippen LogP) is 3.09. The third-order valence-corrected chi connectivity index (χ3v) is 6.53. The van der Waals surface area contributed by atoms with E-state index < -0.39 is 23.6 Å². The lowest BCUT2D eigenvalue weighted by atomic mass is 9.90. The number of nitrogens with two attached hydrogens (primary N) is 1. The van der Waals surface area contributed by atoms with E-state index in [-0.39, 0.29) is 18.2 Å². The molecule has 0 aromatic heterocycles. The minimum atomic E-state index is -0.890. The first kappa shape index (κ1) is 22.2. The Kier molecular flexibility index (Phi) is 6.15. The Hall–Kier alpha value is -3.00. The van der Waals surface area contributed by atoms with Gasteiger partial charge in [-0.25, -0.2) is 13.6 Å². The highest BCUT2D eigenvalue weighted by Crippen LogP contribution is 2.37. The van der Waals surface area contributed by atoms with Crippen molar-refractivity contribution in [3.8, 4) is 5.75 Å². The van der Waals surface area contributed by atoms with Crippen molar-refractivity contribution < 1.29 is 27.8 Å². The Balaban J connectivity index is 1.47. The van der Waals surface area contributed by atoms with Crippen molar-refractivity contribution in [3.63, 3.8) is 0 Å². The van der Waals surface area contributed by atoms with Gasteiger partial charge in [-0.05, 0) is 65.8 Å². The fraction of sp³-hybridized carbons (Fsp3) is 0.417. The summed E-state index contributed by atoms with van der Waals surface area (Å²) in [5.41, 5.74) is 10.0. The average molecular weight is 444 g/mol. The largest absolute Gasteiger partial charge is 0.496 e. The quantitative estimate of drug-likeness (QED) is 0.717. The molecule has 32 heavy (non-hydrogen) atoms. The smallest absolute Gasteiger partial charge is 0.341 e. The van der Waals surface area contributed by atoms with Crippen molar-refractivity contribution in [3.05, 3.63) is 63.7 Å². The van der Waals surface area contributed by atoms with Gasteiger partial charge in [0.1, 0.15) is 11.3 Å². The molecule has 4 rings (SSSR count). The fourth-order valence-corrected chi connectivity index (χ4v) is 4.79. The third kappa shape index (κ3) is 4.07. The van der Waals surface area contributed by atoms with Crippen LogP contribution in [0.25, 0.3) is 0 Å². The summed E-state index contributed by atoms with van der Waals surface area (Å²) in [4.78, 5) is 26.8. The standard InChI is InChI=1S/C24H26F2N2O4/c1-31-22-9-13-5-6-28(12-15(13)7-18(22)24(30)32-2)23(29)11-21(27)16-4-3-14-8-19(25)20(26)10-17(14)16/h7-10,16,21H,3-6,11-12,27H2,1-2H3. The second-order valence-electron chi connectivity index (χ2n) is 8.36. The number of methoxy groups -OCH3 is 2. The first-order valence-electron chi connectivity index (χ1n) is 10.6. The second kappa shape index (κ2) is 8.86. The van der Waals surface area contributed by atoms with Crippen molar-refractivity contribution >= 4 is 11.9 Å². The molecule has 0 spiro atoms. The fourth-order valence-electron chi connectivity index (χ4n) is 4.79. The van der Waals surface area contributed by atoms with Crippen LogP contribution in [0, 0.1) is 11.6 Å². The highest BCUT2D eigenvalue weighted by atomic mass is 19.2. The topological polar surface area (TPSA) is 81.9 Å². The Morgan fingerprint density at radius 2 is 1.84 bits per heavy atom. The number of ether oxygens (including phenoxy) is 2. The van der Waals surface area contributed by atoms with Gasteiger partial charge in [0.15, 0.2) is 11.6 Å². The monoisotopic (exact) mass is 444 g/mol. The number of carbonyl (C=O) groups is 2. The Labute approximate surface area is 185 Å². The summed E-state index contributed by atoms with van der Waals surface area (Å²) >= 11 is 0. The van der Waals surface area contributed by atoms with Crippen LogP contribution in [-0.2, 0) is 28.9 Å². The molecule has 2 atom stereocenters. The summed E-state index contributed by atoms with van der Waals surface area (Å²) < 4.78 is 37.4. The van der Waals surface area contributed by atoms with Gasteiger partial charge < -0.3 is 20.1 Å². The van der Waals surface area contributed by atoms with E-state index in [2.05, 4.69) is 0 Å². The van der Waals surface area contributed by atoms with E-state index in [9.17, 15) is 18.4 Å². The number of hydrogen-bond acceptors (Lipinski definition) is 5. The molecule has 170 valence electrons. The van der Waals surface area contributed by atoms with E-state index >= 15 is 0 Å². The molecule has 2 unspecified atom stereocenters. The summed E-state index contributed by atoms with van der Waals surface area (Å²) in [5, 5.41) is 0. The van der Waals surface area contributed by atoms with Crippen molar-refractivity contribution in [2.45, 2.75) is 44.2 Å². The zero-order chi connectivity index (χ0) is 23.0. The Morgan fingerprint density at radius 3 is 2.56 bits per heavy atom. The van der Waals surface area contributed by atoms with Crippen molar-refractivity contribution in [2.75, 3.05) is 20.8 Å². The molecule has 0 fully saturated rings. The molecule has 0 saturated carbocycles. The maximum Gasteiger partial charge on any atom is 0.341 e.